The fourth-order valence-electron chi connectivity index (χ4n) is 1.18. The van der Waals surface area contributed by atoms with Crippen LogP contribution in [0.2, 0.25) is 0 Å². The molecule has 0 atom stereocenters. The van der Waals surface area contributed by atoms with Gasteiger partial charge >= 0.3 is 0 Å². The predicted molar refractivity (Wildman–Crippen MR) is 52.8 cm³/mol. The van der Waals surface area contributed by atoms with Gasteiger partial charge in [-0.05, 0) is 5.56 Å². The van der Waals surface area contributed by atoms with Crippen LogP contribution in [0.1, 0.15) is 5.56 Å². The van der Waals surface area contributed by atoms with E-state index in [1.54, 1.807) is 18.5 Å². The van der Waals surface area contributed by atoms with Gasteiger partial charge in [0.25, 0.3) is 0 Å². The van der Waals surface area contributed by atoms with Crippen molar-refractivity contribution in [3.63, 3.8) is 0 Å². The lowest BCUT2D eigenvalue weighted by Gasteiger charge is -1.96. The Morgan fingerprint density at radius 3 is 2.54 bits per heavy atom. The summed E-state index contributed by atoms with van der Waals surface area (Å²) in [5.41, 5.74) is 2.07. The summed E-state index contributed by atoms with van der Waals surface area (Å²) in [5.74, 6) is 0.878. The van der Waals surface area contributed by atoms with E-state index in [0.29, 0.717) is 0 Å². The predicted octanol–water partition coefficient (Wildman–Crippen LogP) is 2.52. The van der Waals surface area contributed by atoms with Crippen LogP contribution in [0, 0.1) is 6.58 Å². The largest absolute Gasteiger partial charge is 0.345 e. The van der Waals surface area contributed by atoms with Crippen molar-refractivity contribution in [3.8, 4) is 11.4 Å². The van der Waals surface area contributed by atoms with Crippen molar-refractivity contribution in [1.29, 1.82) is 0 Å². The highest BCUT2D eigenvalue weighted by Gasteiger charge is 1.97. The first-order chi connectivity index (χ1) is 6.40. The van der Waals surface area contributed by atoms with Crippen molar-refractivity contribution in [2.24, 2.45) is 0 Å². The SMILES string of the molecule is [CH]=Cc1ccc(-c2ncc[nH]2)cc1. The number of aromatic amines is 1. The second kappa shape index (κ2) is 3.27. The number of nitrogens with zero attached hydrogens (tertiary/aromatic N) is 1. The van der Waals surface area contributed by atoms with Crippen LogP contribution in [-0.2, 0) is 0 Å². The summed E-state index contributed by atoms with van der Waals surface area (Å²) in [6, 6.07) is 7.88. The van der Waals surface area contributed by atoms with Crippen LogP contribution >= 0.6 is 0 Å². The van der Waals surface area contributed by atoms with Gasteiger partial charge in [0.05, 0.1) is 0 Å². The van der Waals surface area contributed by atoms with Crippen LogP contribution in [0.3, 0.4) is 0 Å². The van der Waals surface area contributed by atoms with Crippen LogP contribution in [-0.4, -0.2) is 9.97 Å². The quantitative estimate of drug-likeness (QED) is 0.735. The Bertz CT molecular complexity index is 385. The lowest BCUT2D eigenvalue weighted by Crippen LogP contribution is -1.79. The average Bonchev–Trinajstić information content (AvgIpc) is 2.71. The number of hydrogen-bond acceptors (Lipinski definition) is 1. The molecule has 0 amide bonds. The summed E-state index contributed by atoms with van der Waals surface area (Å²) in [7, 11) is 0. The Labute approximate surface area is 77.0 Å². The molecule has 0 aliphatic rings. The van der Waals surface area contributed by atoms with Gasteiger partial charge in [-0.2, -0.15) is 0 Å². The molecule has 0 saturated heterocycles. The molecule has 1 aromatic heterocycles. The number of rotatable bonds is 2. The first-order valence-corrected chi connectivity index (χ1v) is 4.05. The number of nitrogens with one attached hydrogen (secondary N) is 1. The summed E-state index contributed by atoms with van der Waals surface area (Å²) >= 11 is 0. The minimum Gasteiger partial charge on any atom is -0.345 e. The van der Waals surface area contributed by atoms with E-state index >= 15 is 0 Å². The van der Waals surface area contributed by atoms with E-state index in [0.717, 1.165) is 17.0 Å². The van der Waals surface area contributed by atoms with Gasteiger partial charge in [-0.3, -0.25) is 0 Å². The van der Waals surface area contributed by atoms with Gasteiger partial charge in [0.1, 0.15) is 5.82 Å². The molecule has 1 N–H and O–H groups in total. The van der Waals surface area contributed by atoms with E-state index in [1.807, 2.05) is 24.3 Å². The van der Waals surface area contributed by atoms with Crippen molar-refractivity contribution >= 4 is 6.08 Å². The second-order valence-corrected chi connectivity index (χ2v) is 2.73. The molecule has 2 heteroatoms. The average molecular weight is 169 g/mol. The fourth-order valence-corrected chi connectivity index (χ4v) is 1.18. The van der Waals surface area contributed by atoms with E-state index in [9.17, 15) is 0 Å². The molecule has 0 saturated carbocycles. The van der Waals surface area contributed by atoms with Gasteiger partial charge in [-0.25, -0.2) is 4.98 Å². The highest BCUT2D eigenvalue weighted by molar-refractivity contribution is 5.58. The van der Waals surface area contributed by atoms with Gasteiger partial charge in [-0.1, -0.05) is 36.9 Å². The molecule has 13 heavy (non-hydrogen) atoms. The van der Waals surface area contributed by atoms with Gasteiger partial charge < -0.3 is 4.98 Å². The molecule has 1 heterocycles. The summed E-state index contributed by atoms with van der Waals surface area (Å²) < 4.78 is 0. The Balaban J connectivity index is 2.38. The van der Waals surface area contributed by atoms with Crippen LogP contribution < -0.4 is 0 Å². The second-order valence-electron chi connectivity index (χ2n) is 2.73. The van der Waals surface area contributed by atoms with Gasteiger partial charge in [-0.15, -0.1) is 0 Å². The molecule has 2 aromatic rings. The lowest BCUT2D eigenvalue weighted by atomic mass is 10.1. The smallest absolute Gasteiger partial charge is 0.137 e. The highest BCUT2D eigenvalue weighted by Crippen LogP contribution is 2.15. The summed E-state index contributed by atoms with van der Waals surface area (Å²) in [6.07, 6.45) is 5.11. The number of H-pyrrole nitrogens is 1. The molecule has 0 aliphatic heterocycles. The monoisotopic (exact) mass is 169 g/mol. The maximum Gasteiger partial charge on any atom is 0.137 e. The molecule has 1 aromatic carbocycles. The number of hydrogen-bond donors (Lipinski definition) is 1. The number of imidazole rings is 1. The van der Waals surface area contributed by atoms with Gasteiger partial charge in [0.2, 0.25) is 0 Å². The van der Waals surface area contributed by atoms with Crippen molar-refractivity contribution in [3.05, 3.63) is 48.8 Å². The number of benzene rings is 1. The Kier molecular flexibility index (Phi) is 1.96. The minimum atomic E-state index is 0.878. The molecule has 2 rings (SSSR count). The van der Waals surface area contributed by atoms with Crippen LogP contribution in [0.4, 0.5) is 0 Å². The van der Waals surface area contributed by atoms with Crippen LogP contribution in [0.5, 0.6) is 0 Å². The zero-order chi connectivity index (χ0) is 9.10. The third kappa shape index (κ3) is 1.51. The zero-order valence-electron chi connectivity index (χ0n) is 7.07. The summed E-state index contributed by atoms with van der Waals surface area (Å²) in [4.78, 5) is 7.18. The van der Waals surface area contributed by atoms with E-state index in [4.69, 9.17) is 6.58 Å². The first-order valence-electron chi connectivity index (χ1n) is 4.05. The lowest BCUT2D eigenvalue weighted by molar-refractivity contribution is 1.31. The maximum atomic E-state index is 5.37. The molecule has 0 unspecified atom stereocenters. The minimum absolute atomic E-state index is 0.878. The van der Waals surface area contributed by atoms with E-state index < -0.39 is 0 Å². The maximum absolute atomic E-state index is 5.37. The van der Waals surface area contributed by atoms with Gasteiger partial charge in [0, 0.05) is 18.0 Å². The molecule has 1 radical (unpaired) electrons. The van der Waals surface area contributed by atoms with Crippen LogP contribution in [0.15, 0.2) is 36.7 Å². The Hall–Kier alpha value is -1.83. The van der Waals surface area contributed by atoms with E-state index in [-0.39, 0.29) is 0 Å². The first kappa shape index (κ1) is 7.80. The third-order valence-corrected chi connectivity index (χ3v) is 1.87. The molecule has 63 valence electrons. The van der Waals surface area contributed by atoms with Crippen molar-refractivity contribution in [2.45, 2.75) is 0 Å². The molecule has 0 spiro atoms. The summed E-state index contributed by atoms with van der Waals surface area (Å²) in [6.45, 7) is 5.37. The van der Waals surface area contributed by atoms with Crippen molar-refractivity contribution in [1.82, 2.24) is 9.97 Å². The van der Waals surface area contributed by atoms with Crippen LogP contribution in [0.25, 0.3) is 17.5 Å². The molecular weight excluding hydrogens is 160 g/mol. The Morgan fingerprint density at radius 2 is 2.00 bits per heavy atom. The standard InChI is InChI=1S/C11H9N2/c1-2-9-3-5-10(6-4-9)11-12-7-8-13-11/h1-8H,(H,12,13). The molecule has 0 bridgehead atoms. The topological polar surface area (TPSA) is 28.7 Å². The Morgan fingerprint density at radius 1 is 1.23 bits per heavy atom. The molecule has 0 fully saturated rings. The number of aromatic nitrogens is 2. The summed E-state index contributed by atoms with van der Waals surface area (Å²) in [5, 5.41) is 0. The highest BCUT2D eigenvalue weighted by atomic mass is 14.9. The normalized spacial score (nSPS) is 9.85. The van der Waals surface area contributed by atoms with Crippen molar-refractivity contribution < 1.29 is 0 Å². The van der Waals surface area contributed by atoms with Gasteiger partial charge in [0.15, 0.2) is 0 Å². The molecule has 0 aliphatic carbocycles. The molecular formula is C11H9N2. The third-order valence-electron chi connectivity index (χ3n) is 1.87. The molecule has 2 nitrogen and oxygen atoms in total. The van der Waals surface area contributed by atoms with E-state index in [2.05, 4.69) is 9.97 Å². The van der Waals surface area contributed by atoms with Crippen molar-refractivity contribution in [2.75, 3.05) is 0 Å². The van der Waals surface area contributed by atoms with E-state index in [1.165, 1.54) is 0 Å². The fraction of sp³-hybridized carbons (Fsp3) is 0. The zero-order valence-corrected chi connectivity index (χ0v) is 7.07.